The summed E-state index contributed by atoms with van der Waals surface area (Å²) in [6.07, 6.45) is 6.52. The molecule has 0 aliphatic carbocycles. The zero-order valence-corrected chi connectivity index (χ0v) is 15.5. The van der Waals surface area contributed by atoms with Crippen molar-refractivity contribution in [2.45, 2.75) is 51.2 Å². The summed E-state index contributed by atoms with van der Waals surface area (Å²) in [5, 5.41) is 0. The van der Waals surface area contributed by atoms with Gasteiger partial charge in [-0.25, -0.2) is 0 Å². The van der Waals surface area contributed by atoms with Crippen LogP contribution in [0.4, 0.5) is 0 Å². The van der Waals surface area contributed by atoms with E-state index in [1.54, 1.807) is 0 Å². The molecule has 2 aromatic rings. The molecule has 4 rings (SSSR count). The molecule has 0 N–H and O–H groups in total. The Labute approximate surface area is 152 Å². The Morgan fingerprint density at radius 1 is 0.840 bits per heavy atom. The summed E-state index contributed by atoms with van der Waals surface area (Å²) in [7, 11) is 2.31. The molecule has 0 saturated carbocycles. The van der Waals surface area contributed by atoms with E-state index in [1.807, 2.05) is 0 Å². The molecule has 25 heavy (non-hydrogen) atoms. The standard InChI is InChI=1S/C23H30N2/c1-24-14-7-6-12-23(24)13-15-25-17-21-10-4-2-8-19(21)16-20-9-3-5-11-22(20)18-25/h2-5,8-11,23H,6-7,12-18H2,1H3. The lowest BCUT2D eigenvalue weighted by molar-refractivity contribution is 0.148. The van der Waals surface area contributed by atoms with Gasteiger partial charge in [0.25, 0.3) is 0 Å². The molecule has 132 valence electrons. The second-order valence-corrected chi connectivity index (χ2v) is 7.84. The van der Waals surface area contributed by atoms with Gasteiger partial charge in [-0.15, -0.1) is 0 Å². The van der Waals surface area contributed by atoms with Gasteiger partial charge in [-0.3, -0.25) is 4.90 Å². The largest absolute Gasteiger partial charge is 0.303 e. The van der Waals surface area contributed by atoms with Crippen LogP contribution < -0.4 is 0 Å². The van der Waals surface area contributed by atoms with E-state index < -0.39 is 0 Å². The number of benzene rings is 2. The van der Waals surface area contributed by atoms with Crippen LogP contribution in [0.2, 0.25) is 0 Å². The summed E-state index contributed by atoms with van der Waals surface area (Å²) in [5.41, 5.74) is 6.01. The van der Waals surface area contributed by atoms with E-state index in [0.717, 1.165) is 25.6 Å². The number of likely N-dealkylation sites (tertiary alicyclic amines) is 1. The number of hydrogen-bond acceptors (Lipinski definition) is 2. The third-order valence-corrected chi connectivity index (χ3v) is 6.11. The number of piperidine rings is 1. The Kier molecular flexibility index (Phi) is 5.19. The van der Waals surface area contributed by atoms with Crippen LogP contribution in [-0.4, -0.2) is 36.0 Å². The van der Waals surface area contributed by atoms with Gasteiger partial charge in [-0.2, -0.15) is 0 Å². The molecular weight excluding hydrogens is 304 g/mol. The van der Waals surface area contributed by atoms with E-state index in [9.17, 15) is 0 Å². The van der Waals surface area contributed by atoms with Crippen LogP contribution in [0.25, 0.3) is 0 Å². The fourth-order valence-electron chi connectivity index (χ4n) is 4.51. The van der Waals surface area contributed by atoms with Gasteiger partial charge in [0, 0.05) is 25.7 Å². The Morgan fingerprint density at radius 2 is 1.44 bits per heavy atom. The van der Waals surface area contributed by atoms with Crippen molar-refractivity contribution in [2.75, 3.05) is 20.1 Å². The topological polar surface area (TPSA) is 6.48 Å². The van der Waals surface area contributed by atoms with Gasteiger partial charge in [0.05, 0.1) is 0 Å². The fourth-order valence-corrected chi connectivity index (χ4v) is 4.51. The summed E-state index contributed by atoms with van der Waals surface area (Å²) >= 11 is 0. The highest BCUT2D eigenvalue weighted by Crippen LogP contribution is 2.25. The van der Waals surface area contributed by atoms with Crippen LogP contribution in [0.1, 0.15) is 47.9 Å². The van der Waals surface area contributed by atoms with Crippen LogP contribution >= 0.6 is 0 Å². The number of fused-ring (bicyclic) bond motifs is 2. The molecule has 0 aromatic heterocycles. The first kappa shape index (κ1) is 16.8. The van der Waals surface area contributed by atoms with E-state index in [0.29, 0.717) is 0 Å². The average molecular weight is 335 g/mol. The normalized spacial score (nSPS) is 21.9. The number of nitrogens with zero attached hydrogens (tertiary/aromatic N) is 2. The average Bonchev–Trinajstić information content (AvgIpc) is 2.62. The predicted molar refractivity (Wildman–Crippen MR) is 105 cm³/mol. The molecular formula is C23H30N2. The fraction of sp³-hybridized carbons (Fsp3) is 0.478. The molecule has 2 aromatic carbocycles. The molecule has 2 heterocycles. The molecule has 2 aliphatic rings. The minimum atomic E-state index is 0.768. The van der Waals surface area contributed by atoms with Crippen molar-refractivity contribution >= 4 is 0 Å². The quantitative estimate of drug-likeness (QED) is 0.817. The summed E-state index contributed by atoms with van der Waals surface area (Å²) in [6.45, 7) is 4.63. The van der Waals surface area contributed by atoms with Crippen LogP contribution in [0.15, 0.2) is 48.5 Å². The third kappa shape index (κ3) is 3.96. The Morgan fingerprint density at radius 3 is 2.04 bits per heavy atom. The monoisotopic (exact) mass is 334 g/mol. The highest BCUT2D eigenvalue weighted by atomic mass is 15.2. The van der Waals surface area contributed by atoms with Gasteiger partial charge < -0.3 is 4.90 Å². The summed E-state index contributed by atoms with van der Waals surface area (Å²) in [4.78, 5) is 5.24. The highest BCUT2D eigenvalue weighted by Gasteiger charge is 2.21. The molecule has 0 bridgehead atoms. The SMILES string of the molecule is CN1CCCCC1CCN1Cc2ccccc2Cc2ccccc2C1. The van der Waals surface area contributed by atoms with Crippen molar-refractivity contribution in [3.05, 3.63) is 70.8 Å². The smallest absolute Gasteiger partial charge is 0.0240 e. The van der Waals surface area contributed by atoms with Gasteiger partial charge in [-0.1, -0.05) is 55.0 Å². The van der Waals surface area contributed by atoms with Crippen molar-refractivity contribution in [3.8, 4) is 0 Å². The van der Waals surface area contributed by atoms with Crippen molar-refractivity contribution in [1.82, 2.24) is 9.80 Å². The van der Waals surface area contributed by atoms with E-state index in [-0.39, 0.29) is 0 Å². The zero-order chi connectivity index (χ0) is 17.1. The molecule has 0 amide bonds. The minimum absolute atomic E-state index is 0.768. The minimum Gasteiger partial charge on any atom is -0.303 e. The van der Waals surface area contributed by atoms with Gasteiger partial charge in [-0.05, 0) is 61.5 Å². The van der Waals surface area contributed by atoms with E-state index in [4.69, 9.17) is 0 Å². The molecule has 1 saturated heterocycles. The van der Waals surface area contributed by atoms with Crippen molar-refractivity contribution < 1.29 is 0 Å². The third-order valence-electron chi connectivity index (χ3n) is 6.11. The maximum atomic E-state index is 2.67. The van der Waals surface area contributed by atoms with Gasteiger partial charge >= 0.3 is 0 Å². The second-order valence-electron chi connectivity index (χ2n) is 7.84. The Hall–Kier alpha value is -1.64. The molecule has 2 nitrogen and oxygen atoms in total. The first-order valence-corrected chi connectivity index (χ1v) is 9.86. The van der Waals surface area contributed by atoms with Crippen molar-refractivity contribution in [2.24, 2.45) is 0 Å². The molecule has 2 heteroatoms. The van der Waals surface area contributed by atoms with Gasteiger partial charge in [0.15, 0.2) is 0 Å². The first-order valence-electron chi connectivity index (χ1n) is 9.86. The maximum absolute atomic E-state index is 2.67. The zero-order valence-electron chi connectivity index (χ0n) is 15.5. The first-order chi connectivity index (χ1) is 12.3. The van der Waals surface area contributed by atoms with Crippen LogP contribution in [0.3, 0.4) is 0 Å². The van der Waals surface area contributed by atoms with Crippen LogP contribution in [0.5, 0.6) is 0 Å². The lowest BCUT2D eigenvalue weighted by Crippen LogP contribution is -2.39. The van der Waals surface area contributed by atoms with Gasteiger partial charge in [0.2, 0.25) is 0 Å². The molecule has 1 atom stereocenters. The molecule has 1 fully saturated rings. The molecule has 0 radical (unpaired) electrons. The Bertz CT molecular complexity index is 661. The maximum Gasteiger partial charge on any atom is 0.0240 e. The van der Waals surface area contributed by atoms with Gasteiger partial charge in [0.1, 0.15) is 0 Å². The lowest BCUT2D eigenvalue weighted by Gasteiger charge is -2.35. The number of hydrogen-bond donors (Lipinski definition) is 0. The van der Waals surface area contributed by atoms with Crippen LogP contribution in [-0.2, 0) is 19.5 Å². The number of rotatable bonds is 3. The van der Waals surface area contributed by atoms with E-state index in [1.165, 1.54) is 61.0 Å². The Balaban J connectivity index is 1.53. The second kappa shape index (κ2) is 7.72. The molecule has 2 aliphatic heterocycles. The molecule has 1 unspecified atom stereocenters. The predicted octanol–water partition coefficient (Wildman–Crippen LogP) is 4.47. The van der Waals surface area contributed by atoms with E-state index >= 15 is 0 Å². The lowest BCUT2D eigenvalue weighted by atomic mass is 9.93. The van der Waals surface area contributed by atoms with Crippen LogP contribution in [0, 0.1) is 0 Å². The summed E-state index contributed by atoms with van der Waals surface area (Å²) in [6, 6.07) is 18.8. The van der Waals surface area contributed by atoms with Crippen molar-refractivity contribution in [1.29, 1.82) is 0 Å². The van der Waals surface area contributed by atoms with Crippen molar-refractivity contribution in [3.63, 3.8) is 0 Å². The summed E-state index contributed by atoms with van der Waals surface area (Å²) < 4.78 is 0. The molecule has 0 spiro atoms. The van der Waals surface area contributed by atoms with E-state index in [2.05, 4.69) is 65.4 Å². The summed E-state index contributed by atoms with van der Waals surface area (Å²) in [5.74, 6) is 0. The highest BCUT2D eigenvalue weighted by molar-refractivity contribution is 5.38.